The Morgan fingerprint density at radius 3 is 2.55 bits per heavy atom. The van der Waals surface area contributed by atoms with Crippen LogP contribution >= 0.6 is 0 Å². The minimum Gasteiger partial charge on any atom is -0.481 e. The number of hydrogen-bond acceptors (Lipinski definition) is 3. The first-order valence-electron chi connectivity index (χ1n) is 14.3. The molecule has 1 unspecified atom stereocenters. The molecule has 5 aliphatic rings. The van der Waals surface area contributed by atoms with Crippen LogP contribution in [0.5, 0.6) is 0 Å². The molecule has 1 N–H and O–H groups in total. The van der Waals surface area contributed by atoms with Crippen molar-refractivity contribution < 1.29 is 19.4 Å². The Kier molecular flexibility index (Phi) is 6.90. The van der Waals surface area contributed by atoms with Gasteiger partial charge in [0, 0.05) is 13.0 Å². The Balaban J connectivity index is 1.24. The molecule has 0 aromatic heterocycles. The summed E-state index contributed by atoms with van der Waals surface area (Å²) < 4.78 is 12.4. The highest BCUT2D eigenvalue weighted by Crippen LogP contribution is 2.68. The molecule has 0 spiro atoms. The lowest BCUT2D eigenvalue weighted by atomic mass is 9.44. The molecule has 0 bridgehead atoms. The summed E-state index contributed by atoms with van der Waals surface area (Å²) >= 11 is 0. The molecular weight excluding hydrogens is 412 g/mol. The van der Waals surface area contributed by atoms with Crippen LogP contribution in [0, 0.1) is 46.3 Å². The van der Waals surface area contributed by atoms with E-state index >= 15 is 0 Å². The molecule has 4 nitrogen and oxygen atoms in total. The quantitative estimate of drug-likeness (QED) is 0.431. The van der Waals surface area contributed by atoms with Crippen LogP contribution in [0.15, 0.2) is 0 Å². The van der Waals surface area contributed by atoms with E-state index in [9.17, 15) is 9.90 Å². The summed E-state index contributed by atoms with van der Waals surface area (Å²) in [5.41, 5.74) is 0.922. The Morgan fingerprint density at radius 1 is 1.00 bits per heavy atom. The van der Waals surface area contributed by atoms with Gasteiger partial charge in [-0.3, -0.25) is 4.79 Å². The van der Waals surface area contributed by atoms with Crippen LogP contribution in [0.4, 0.5) is 0 Å². The highest BCUT2D eigenvalue weighted by molar-refractivity contribution is 5.66. The van der Waals surface area contributed by atoms with Crippen molar-refractivity contribution >= 4 is 5.97 Å². The molecule has 5 rings (SSSR count). The third-order valence-electron chi connectivity index (χ3n) is 11.7. The van der Waals surface area contributed by atoms with Gasteiger partial charge in [-0.2, -0.15) is 0 Å². The van der Waals surface area contributed by atoms with E-state index in [2.05, 4.69) is 20.8 Å². The summed E-state index contributed by atoms with van der Waals surface area (Å²) in [5.74, 6) is 4.07. The van der Waals surface area contributed by atoms with Gasteiger partial charge in [-0.25, -0.2) is 0 Å². The molecule has 188 valence electrons. The second-order valence-corrected chi connectivity index (χ2v) is 13.1. The van der Waals surface area contributed by atoms with E-state index in [-0.39, 0.29) is 6.29 Å². The number of rotatable bonds is 6. The fourth-order valence-electron chi connectivity index (χ4n) is 9.90. The number of aliphatic carboxylic acids is 1. The first-order chi connectivity index (χ1) is 15.8. The van der Waals surface area contributed by atoms with E-state index in [4.69, 9.17) is 9.47 Å². The first-order valence-corrected chi connectivity index (χ1v) is 14.3. The maximum Gasteiger partial charge on any atom is 0.303 e. The van der Waals surface area contributed by atoms with Crippen LogP contribution in [0.3, 0.4) is 0 Å². The predicted molar refractivity (Wildman–Crippen MR) is 130 cm³/mol. The smallest absolute Gasteiger partial charge is 0.303 e. The molecule has 1 aliphatic heterocycles. The summed E-state index contributed by atoms with van der Waals surface area (Å²) in [6.45, 7) is 8.44. The minimum atomic E-state index is -0.633. The number of hydrogen-bond donors (Lipinski definition) is 1. The number of carbonyl (C=O) groups is 1. The highest BCUT2D eigenvalue weighted by Gasteiger charge is 2.60. The van der Waals surface area contributed by atoms with E-state index in [1.807, 2.05) is 0 Å². The maximum absolute atomic E-state index is 11.2. The van der Waals surface area contributed by atoms with Crippen LogP contribution in [0.25, 0.3) is 0 Å². The molecule has 1 heterocycles. The minimum absolute atomic E-state index is 0.0540. The van der Waals surface area contributed by atoms with E-state index in [1.54, 1.807) is 0 Å². The predicted octanol–water partition coefficient (Wildman–Crippen LogP) is 7.06. The first kappa shape index (κ1) is 24.1. The Hall–Kier alpha value is -0.610. The molecule has 4 aliphatic carbocycles. The molecule has 0 aromatic carbocycles. The summed E-state index contributed by atoms with van der Waals surface area (Å²) in [5, 5.41) is 9.19. The van der Waals surface area contributed by atoms with Crippen molar-refractivity contribution in [3.63, 3.8) is 0 Å². The van der Waals surface area contributed by atoms with E-state index in [0.717, 1.165) is 43.1 Å². The third kappa shape index (κ3) is 4.41. The van der Waals surface area contributed by atoms with Gasteiger partial charge in [0.15, 0.2) is 6.29 Å². The lowest BCUT2D eigenvalue weighted by molar-refractivity contribution is -0.212. The van der Waals surface area contributed by atoms with Crippen molar-refractivity contribution in [3.05, 3.63) is 0 Å². The number of fused-ring (bicyclic) bond motifs is 5. The van der Waals surface area contributed by atoms with Crippen molar-refractivity contribution in [2.24, 2.45) is 46.3 Å². The van der Waals surface area contributed by atoms with Gasteiger partial charge >= 0.3 is 5.97 Å². The summed E-state index contributed by atoms with van der Waals surface area (Å²) in [6.07, 6.45) is 17.2. The van der Waals surface area contributed by atoms with Crippen LogP contribution in [-0.4, -0.2) is 30.1 Å². The van der Waals surface area contributed by atoms with E-state index in [1.165, 1.54) is 70.6 Å². The van der Waals surface area contributed by atoms with Gasteiger partial charge < -0.3 is 14.6 Å². The number of carboxylic acids is 1. The van der Waals surface area contributed by atoms with Gasteiger partial charge in [0.05, 0.1) is 6.10 Å². The number of carboxylic acid groups (broad SMARTS) is 1. The zero-order chi connectivity index (χ0) is 23.2. The standard InChI is InChI=1S/C29H48O4/c1-19(7-12-26(30)31)23-10-11-24-22-9-8-20-18-21(33-27-6-4-5-17-32-27)13-15-28(20,2)25(22)14-16-29(23,24)3/h19-25,27H,4-18H2,1-3H3,(H,30,31)/t19-,20-,21-,22+,23-,24+,25+,27?,28+,29-/m1/s1. The SMILES string of the molecule is C[C@H](CCC(=O)O)[C@H]1CC[C@H]2[C@@H]3CC[C@@H]4C[C@H](OC5CCCCO5)CC[C@]4(C)[C@H]3CC[C@]12C. The highest BCUT2D eigenvalue weighted by atomic mass is 16.7. The largest absolute Gasteiger partial charge is 0.481 e. The molecule has 0 aromatic rings. The molecule has 1 saturated heterocycles. The van der Waals surface area contributed by atoms with Crippen molar-refractivity contribution in [2.75, 3.05) is 6.61 Å². The summed E-state index contributed by atoms with van der Waals surface area (Å²) in [4.78, 5) is 11.2. The summed E-state index contributed by atoms with van der Waals surface area (Å²) in [6, 6.07) is 0. The van der Waals surface area contributed by atoms with Crippen molar-refractivity contribution in [1.29, 1.82) is 0 Å². The van der Waals surface area contributed by atoms with Gasteiger partial charge in [-0.15, -0.1) is 0 Å². The zero-order valence-electron chi connectivity index (χ0n) is 21.4. The van der Waals surface area contributed by atoms with Crippen LogP contribution in [0.2, 0.25) is 0 Å². The molecule has 33 heavy (non-hydrogen) atoms. The van der Waals surface area contributed by atoms with E-state index < -0.39 is 5.97 Å². The maximum atomic E-state index is 11.2. The van der Waals surface area contributed by atoms with Crippen LogP contribution < -0.4 is 0 Å². The second-order valence-electron chi connectivity index (χ2n) is 13.1. The molecular formula is C29H48O4. The zero-order valence-corrected chi connectivity index (χ0v) is 21.4. The van der Waals surface area contributed by atoms with Gasteiger partial charge in [-0.1, -0.05) is 20.8 Å². The summed E-state index contributed by atoms with van der Waals surface area (Å²) in [7, 11) is 0. The Bertz CT molecular complexity index is 702. The Morgan fingerprint density at radius 2 is 1.79 bits per heavy atom. The van der Waals surface area contributed by atoms with Crippen molar-refractivity contribution in [2.45, 2.75) is 123 Å². The Labute approximate surface area is 201 Å². The molecule has 10 atom stereocenters. The number of ether oxygens (including phenoxy) is 2. The van der Waals surface area contributed by atoms with Crippen LogP contribution in [-0.2, 0) is 14.3 Å². The topological polar surface area (TPSA) is 55.8 Å². The van der Waals surface area contributed by atoms with Crippen molar-refractivity contribution in [1.82, 2.24) is 0 Å². The third-order valence-corrected chi connectivity index (χ3v) is 11.7. The van der Waals surface area contributed by atoms with Gasteiger partial charge in [0.2, 0.25) is 0 Å². The average molecular weight is 461 g/mol. The van der Waals surface area contributed by atoms with Gasteiger partial charge in [-0.05, 0) is 130 Å². The molecule has 0 amide bonds. The van der Waals surface area contributed by atoms with Crippen LogP contribution in [0.1, 0.15) is 111 Å². The molecule has 4 saturated carbocycles. The molecule has 5 fully saturated rings. The second kappa shape index (κ2) is 9.45. The fraction of sp³-hybridized carbons (Fsp3) is 0.966. The fourth-order valence-corrected chi connectivity index (χ4v) is 9.90. The average Bonchev–Trinajstić information content (AvgIpc) is 3.16. The lowest BCUT2D eigenvalue weighted by Gasteiger charge is -2.61. The van der Waals surface area contributed by atoms with Crippen molar-refractivity contribution in [3.8, 4) is 0 Å². The monoisotopic (exact) mass is 460 g/mol. The lowest BCUT2D eigenvalue weighted by Crippen LogP contribution is -2.54. The molecule has 0 radical (unpaired) electrons. The normalized spacial score (nSPS) is 48.4. The van der Waals surface area contributed by atoms with E-state index in [0.29, 0.717) is 35.2 Å². The van der Waals surface area contributed by atoms with Gasteiger partial charge in [0.25, 0.3) is 0 Å². The van der Waals surface area contributed by atoms with Gasteiger partial charge in [0.1, 0.15) is 0 Å². The molecule has 4 heteroatoms.